The molecule has 156 valence electrons. The molecule has 1 N–H and O–H groups in total. The molecular formula is C24H21N3O4. The van der Waals surface area contributed by atoms with Gasteiger partial charge in [0.1, 0.15) is 25.1 Å². The number of carbonyl (C=O) groups is 1. The van der Waals surface area contributed by atoms with Crippen molar-refractivity contribution in [2.75, 3.05) is 24.8 Å². The number of ether oxygens (including phenoxy) is 1. The van der Waals surface area contributed by atoms with Crippen LogP contribution < -0.4 is 15.2 Å². The van der Waals surface area contributed by atoms with Crippen molar-refractivity contribution >= 4 is 5.91 Å². The monoisotopic (exact) mass is 415 g/mol. The maximum Gasteiger partial charge on any atom is 0.278 e. The number of fused-ring (bicyclic) bond motifs is 5. The summed E-state index contributed by atoms with van der Waals surface area (Å²) in [5.74, 6) is -0.202. The topological polar surface area (TPSA) is 75.0 Å². The molecule has 1 amide bonds. The molecule has 5 rings (SSSR count). The average Bonchev–Trinajstić information content (AvgIpc) is 2.82. The van der Waals surface area contributed by atoms with E-state index in [1.807, 2.05) is 71.8 Å². The molecule has 2 aromatic carbocycles. The lowest BCUT2D eigenvalue weighted by Gasteiger charge is -2.43. The summed E-state index contributed by atoms with van der Waals surface area (Å²) in [7, 11) is 0. The van der Waals surface area contributed by atoms with Crippen LogP contribution in [0.5, 0.6) is 11.5 Å². The van der Waals surface area contributed by atoms with Crippen molar-refractivity contribution in [3.8, 4) is 11.5 Å². The lowest BCUT2D eigenvalue weighted by Crippen LogP contribution is -2.55. The second-order valence-corrected chi connectivity index (χ2v) is 7.46. The summed E-state index contributed by atoms with van der Waals surface area (Å²) in [6, 6.07) is 18.6. The molecule has 1 atom stereocenters. The first kappa shape index (κ1) is 19.0. The molecule has 0 saturated carbocycles. The van der Waals surface area contributed by atoms with Gasteiger partial charge in [-0.3, -0.25) is 19.3 Å². The quantitative estimate of drug-likeness (QED) is 0.619. The van der Waals surface area contributed by atoms with Crippen LogP contribution in [-0.2, 0) is 0 Å². The van der Waals surface area contributed by atoms with E-state index in [1.165, 1.54) is 6.07 Å². The Bertz CT molecular complexity index is 1220. The van der Waals surface area contributed by atoms with Crippen LogP contribution in [0.1, 0.15) is 27.7 Å². The molecule has 0 unspecified atom stereocenters. The molecule has 0 fully saturated rings. The molecule has 0 aliphatic carbocycles. The van der Waals surface area contributed by atoms with Gasteiger partial charge in [0.15, 0.2) is 11.4 Å². The van der Waals surface area contributed by atoms with E-state index in [4.69, 9.17) is 4.74 Å². The van der Waals surface area contributed by atoms with Crippen LogP contribution in [0.3, 0.4) is 0 Å². The van der Waals surface area contributed by atoms with Crippen molar-refractivity contribution in [2.24, 2.45) is 0 Å². The third-order valence-corrected chi connectivity index (χ3v) is 5.59. The zero-order valence-electron chi connectivity index (χ0n) is 16.7. The van der Waals surface area contributed by atoms with Crippen LogP contribution in [-0.4, -0.2) is 40.4 Å². The van der Waals surface area contributed by atoms with Gasteiger partial charge in [-0.05, 0) is 17.7 Å². The van der Waals surface area contributed by atoms with Crippen LogP contribution >= 0.6 is 0 Å². The van der Waals surface area contributed by atoms with Crippen molar-refractivity contribution in [1.82, 2.24) is 9.58 Å². The number of aromatic hydroxyl groups is 1. The van der Waals surface area contributed by atoms with Gasteiger partial charge in [-0.2, -0.15) is 0 Å². The van der Waals surface area contributed by atoms with Gasteiger partial charge in [-0.25, -0.2) is 0 Å². The first-order valence-electron chi connectivity index (χ1n) is 10.1. The second kappa shape index (κ2) is 7.68. The molecule has 31 heavy (non-hydrogen) atoms. The minimum absolute atomic E-state index is 0.0364. The van der Waals surface area contributed by atoms with Gasteiger partial charge in [0, 0.05) is 24.4 Å². The molecule has 2 aliphatic heterocycles. The van der Waals surface area contributed by atoms with E-state index >= 15 is 0 Å². The number of carbonyl (C=O) groups excluding carboxylic acids is 1. The first-order chi connectivity index (χ1) is 15.1. The Morgan fingerprint density at radius 3 is 2.55 bits per heavy atom. The summed E-state index contributed by atoms with van der Waals surface area (Å²) in [5.41, 5.74) is 1.29. The highest BCUT2D eigenvalue weighted by atomic mass is 16.5. The summed E-state index contributed by atoms with van der Waals surface area (Å²) < 4.78 is 7.64. The summed E-state index contributed by atoms with van der Waals surface area (Å²) in [6.07, 6.45) is 5.26. The van der Waals surface area contributed by atoms with Crippen molar-refractivity contribution in [3.05, 3.63) is 106 Å². The highest BCUT2D eigenvalue weighted by Crippen LogP contribution is 2.36. The van der Waals surface area contributed by atoms with Crippen LogP contribution in [0.15, 0.2) is 83.8 Å². The van der Waals surface area contributed by atoms with Gasteiger partial charge < -0.3 is 14.7 Å². The molecule has 0 radical (unpaired) electrons. The fourth-order valence-corrected chi connectivity index (χ4v) is 4.13. The minimum Gasteiger partial charge on any atom is -0.502 e. The smallest absolute Gasteiger partial charge is 0.278 e. The molecule has 7 heteroatoms. The van der Waals surface area contributed by atoms with Crippen LogP contribution in [0, 0.1) is 0 Å². The predicted molar refractivity (Wildman–Crippen MR) is 116 cm³/mol. The van der Waals surface area contributed by atoms with Crippen LogP contribution in [0.25, 0.3) is 0 Å². The summed E-state index contributed by atoms with van der Waals surface area (Å²) in [4.78, 5) is 26.9. The summed E-state index contributed by atoms with van der Waals surface area (Å²) in [6.45, 7) is 0.974. The molecule has 3 heterocycles. The summed E-state index contributed by atoms with van der Waals surface area (Å²) in [5, 5.41) is 12.5. The van der Waals surface area contributed by atoms with Gasteiger partial charge in [0.2, 0.25) is 5.43 Å². The number of nitrogens with zero attached hydrogens (tertiary/aromatic N) is 3. The first-order valence-corrected chi connectivity index (χ1v) is 10.1. The number of para-hydroxylation sites is 1. The number of benzene rings is 2. The van der Waals surface area contributed by atoms with Crippen LogP contribution in [0.2, 0.25) is 0 Å². The van der Waals surface area contributed by atoms with Gasteiger partial charge in [-0.1, -0.05) is 54.6 Å². The number of hydrogen-bond donors (Lipinski definition) is 1. The molecule has 0 spiro atoms. The fraction of sp³-hybridized carbons (Fsp3) is 0.167. The Morgan fingerprint density at radius 1 is 0.935 bits per heavy atom. The van der Waals surface area contributed by atoms with E-state index in [2.05, 4.69) is 0 Å². The molecule has 7 nitrogen and oxygen atoms in total. The Kier molecular flexibility index (Phi) is 4.71. The van der Waals surface area contributed by atoms with Gasteiger partial charge in [0.05, 0.1) is 0 Å². The lowest BCUT2D eigenvalue weighted by molar-refractivity contribution is 0.0701. The Labute approximate surface area is 179 Å². The number of rotatable bonds is 1. The van der Waals surface area contributed by atoms with Crippen molar-refractivity contribution in [2.45, 2.75) is 6.04 Å². The van der Waals surface area contributed by atoms with E-state index in [0.717, 1.165) is 16.9 Å². The van der Waals surface area contributed by atoms with Gasteiger partial charge in [-0.15, -0.1) is 0 Å². The van der Waals surface area contributed by atoms with E-state index < -0.39 is 17.1 Å². The SMILES string of the molecule is O=C1c2c(O)c(=O)ccn2N2CN1C/C=C\COc1ccccc1[C@H]2c1ccccc1. The minimum atomic E-state index is -0.582. The molecule has 0 saturated heterocycles. The third-order valence-electron chi connectivity index (χ3n) is 5.59. The molecule has 2 bridgehead atoms. The van der Waals surface area contributed by atoms with E-state index in [0.29, 0.717) is 13.2 Å². The number of pyridine rings is 1. The molecule has 1 aromatic heterocycles. The van der Waals surface area contributed by atoms with E-state index in [9.17, 15) is 14.7 Å². The highest BCUT2D eigenvalue weighted by molar-refractivity contribution is 5.96. The lowest BCUT2D eigenvalue weighted by atomic mass is 9.97. The standard InChI is InChI=1S/C24H21N3O4/c28-19-12-14-26-22(23(19)29)24(30)25-13-6-7-15-31-20-11-5-4-10-18(20)21(27(26)16-25)17-8-2-1-3-9-17/h1-12,14,21,29H,13,15-16H2/b7-6-/t21-/m1/s1. The van der Waals surface area contributed by atoms with E-state index in [1.54, 1.807) is 15.8 Å². The van der Waals surface area contributed by atoms with Crippen molar-refractivity contribution in [3.63, 3.8) is 0 Å². The average molecular weight is 415 g/mol. The second-order valence-electron chi connectivity index (χ2n) is 7.46. The molecular weight excluding hydrogens is 394 g/mol. The van der Waals surface area contributed by atoms with Gasteiger partial charge >= 0.3 is 0 Å². The largest absolute Gasteiger partial charge is 0.502 e. The zero-order chi connectivity index (χ0) is 21.4. The van der Waals surface area contributed by atoms with Crippen molar-refractivity contribution < 1.29 is 14.6 Å². The Balaban J connectivity index is 1.80. The zero-order valence-corrected chi connectivity index (χ0v) is 16.7. The predicted octanol–water partition coefficient (Wildman–Crippen LogP) is 2.64. The van der Waals surface area contributed by atoms with Gasteiger partial charge in [0.25, 0.3) is 5.91 Å². The van der Waals surface area contributed by atoms with Crippen LogP contribution in [0.4, 0.5) is 0 Å². The number of amides is 1. The number of hydrogen-bond acceptors (Lipinski definition) is 5. The summed E-state index contributed by atoms with van der Waals surface area (Å²) >= 11 is 0. The molecule has 3 aromatic rings. The molecule has 2 aliphatic rings. The normalized spacial score (nSPS) is 19.0. The Hall–Kier alpha value is -4.00. The fourth-order valence-electron chi connectivity index (χ4n) is 4.13. The Morgan fingerprint density at radius 2 is 1.71 bits per heavy atom. The van der Waals surface area contributed by atoms with Crippen molar-refractivity contribution in [1.29, 1.82) is 0 Å². The third kappa shape index (κ3) is 3.24. The number of aromatic nitrogens is 1. The maximum atomic E-state index is 13.2. The highest BCUT2D eigenvalue weighted by Gasteiger charge is 2.37. The maximum absolute atomic E-state index is 13.2. The van der Waals surface area contributed by atoms with E-state index in [-0.39, 0.29) is 18.4 Å².